The molecule has 4 aromatic rings. The van der Waals surface area contributed by atoms with Crippen molar-refractivity contribution in [2.75, 3.05) is 12.4 Å². The van der Waals surface area contributed by atoms with Gasteiger partial charge in [0.25, 0.3) is 5.56 Å². The highest BCUT2D eigenvalue weighted by atomic mass is 19.1. The minimum atomic E-state index is -0.969. The van der Waals surface area contributed by atoms with Gasteiger partial charge in [0.15, 0.2) is 5.52 Å². The number of carbonyl (C=O) groups is 1. The number of fused-ring (bicyclic) bond motifs is 1. The molecule has 4 rings (SSSR count). The molecule has 2 aromatic carbocycles. The lowest BCUT2D eigenvalue weighted by atomic mass is 10.1. The van der Waals surface area contributed by atoms with Crippen molar-refractivity contribution in [3.63, 3.8) is 0 Å². The number of rotatable bonds is 5. The van der Waals surface area contributed by atoms with Crippen LogP contribution in [0.1, 0.15) is 18.7 Å². The summed E-state index contributed by atoms with van der Waals surface area (Å²) < 4.78 is 24.7. The number of methoxy groups -OCH3 is 1. The van der Waals surface area contributed by atoms with Crippen LogP contribution in [0.5, 0.6) is 5.75 Å². The van der Waals surface area contributed by atoms with Crippen LogP contribution in [-0.2, 0) is 4.79 Å². The van der Waals surface area contributed by atoms with Crippen molar-refractivity contribution in [2.24, 2.45) is 0 Å². The predicted molar refractivity (Wildman–Crippen MR) is 113 cm³/mol. The first-order valence-electron chi connectivity index (χ1n) is 9.48. The van der Waals surface area contributed by atoms with Crippen molar-refractivity contribution >= 4 is 22.5 Å². The van der Waals surface area contributed by atoms with Crippen molar-refractivity contribution in [1.82, 2.24) is 14.9 Å². The third-order valence-electron chi connectivity index (χ3n) is 4.92. The second-order valence-corrected chi connectivity index (χ2v) is 6.96. The van der Waals surface area contributed by atoms with E-state index in [1.165, 1.54) is 24.3 Å². The number of nitrogens with zero attached hydrogens (tertiary/aromatic N) is 3. The van der Waals surface area contributed by atoms with E-state index in [4.69, 9.17) is 9.26 Å². The van der Waals surface area contributed by atoms with Crippen LogP contribution in [0.3, 0.4) is 0 Å². The summed E-state index contributed by atoms with van der Waals surface area (Å²) in [7, 11) is 1.55. The van der Waals surface area contributed by atoms with Gasteiger partial charge in [0.05, 0.1) is 12.5 Å². The van der Waals surface area contributed by atoms with E-state index < -0.39 is 23.3 Å². The quantitative estimate of drug-likeness (QED) is 0.526. The molecule has 8 nitrogen and oxygen atoms in total. The topological polar surface area (TPSA) is 99.2 Å². The van der Waals surface area contributed by atoms with E-state index in [-0.39, 0.29) is 5.52 Å². The molecule has 0 spiro atoms. The van der Waals surface area contributed by atoms with Gasteiger partial charge in [-0.2, -0.15) is 5.10 Å². The van der Waals surface area contributed by atoms with Gasteiger partial charge in [-0.25, -0.2) is 9.07 Å². The number of anilines is 1. The van der Waals surface area contributed by atoms with Gasteiger partial charge in [0, 0.05) is 11.3 Å². The van der Waals surface area contributed by atoms with Crippen LogP contribution in [0.2, 0.25) is 0 Å². The van der Waals surface area contributed by atoms with Crippen LogP contribution in [0, 0.1) is 12.7 Å². The van der Waals surface area contributed by atoms with E-state index in [1.807, 2.05) is 6.07 Å². The molecule has 1 N–H and O–H groups in total. The average Bonchev–Trinajstić information content (AvgIpc) is 3.17. The number of hydrogen-bond donors (Lipinski definition) is 1. The number of amides is 1. The second-order valence-electron chi connectivity index (χ2n) is 6.96. The van der Waals surface area contributed by atoms with E-state index >= 15 is 0 Å². The Morgan fingerprint density at radius 3 is 2.68 bits per heavy atom. The average molecular weight is 422 g/mol. The molecular weight excluding hydrogens is 403 g/mol. The van der Waals surface area contributed by atoms with E-state index in [1.54, 1.807) is 39.2 Å². The lowest BCUT2D eigenvalue weighted by molar-refractivity contribution is -0.119. The Bertz CT molecular complexity index is 1330. The Hall–Kier alpha value is -4.01. The summed E-state index contributed by atoms with van der Waals surface area (Å²) in [5.41, 5.74) is 1.04. The number of nitrogens with one attached hydrogen (secondary N) is 1. The minimum absolute atomic E-state index is 0.0757. The Kier molecular flexibility index (Phi) is 5.24. The molecule has 158 valence electrons. The smallest absolute Gasteiger partial charge is 0.297 e. The molecule has 9 heteroatoms. The maximum Gasteiger partial charge on any atom is 0.297 e. The van der Waals surface area contributed by atoms with Gasteiger partial charge in [-0.05, 0) is 50.2 Å². The Balaban J connectivity index is 1.80. The van der Waals surface area contributed by atoms with Gasteiger partial charge >= 0.3 is 0 Å². The molecule has 0 saturated heterocycles. The molecule has 1 amide bonds. The zero-order valence-electron chi connectivity index (χ0n) is 17.0. The summed E-state index contributed by atoms with van der Waals surface area (Å²) in [6, 6.07) is 11.5. The van der Waals surface area contributed by atoms with Gasteiger partial charge in [0.1, 0.15) is 29.1 Å². The van der Waals surface area contributed by atoms with Crippen LogP contribution in [0.4, 0.5) is 10.1 Å². The third-order valence-corrected chi connectivity index (χ3v) is 4.92. The standard InChI is InChI=1S/C22H19FN4O4/c1-12(21(28)24-16-9-7-15(23)8-10-16)27-22(29)20-18(13(2)31-26-20)19(25-27)14-5-4-6-17(11-14)30-3/h4-12H,1-3H3,(H,24,28). The normalized spacial score (nSPS) is 12.0. The fraction of sp³-hybridized carbons (Fsp3) is 0.182. The summed E-state index contributed by atoms with van der Waals surface area (Å²) in [5.74, 6) is 0.144. The zero-order valence-corrected chi connectivity index (χ0v) is 17.0. The first kappa shape index (κ1) is 20.3. The number of ether oxygens (including phenoxy) is 1. The first-order valence-corrected chi connectivity index (χ1v) is 9.48. The molecule has 0 aliphatic heterocycles. The van der Waals surface area contributed by atoms with Crippen molar-refractivity contribution in [2.45, 2.75) is 19.9 Å². The second kappa shape index (κ2) is 8.02. The summed E-state index contributed by atoms with van der Waals surface area (Å²) >= 11 is 0. The third kappa shape index (κ3) is 3.77. The molecule has 0 radical (unpaired) electrons. The largest absolute Gasteiger partial charge is 0.497 e. The Labute approximate surface area is 176 Å². The maximum atomic E-state index is 13.1. The summed E-state index contributed by atoms with van der Waals surface area (Å²) in [6.07, 6.45) is 0. The van der Waals surface area contributed by atoms with Crippen LogP contribution in [0.25, 0.3) is 22.2 Å². The maximum absolute atomic E-state index is 13.1. The molecule has 0 saturated carbocycles. The summed E-state index contributed by atoms with van der Waals surface area (Å²) in [4.78, 5) is 25.8. The van der Waals surface area contributed by atoms with Gasteiger partial charge in [0.2, 0.25) is 5.91 Å². The van der Waals surface area contributed by atoms with Crippen LogP contribution in [-0.4, -0.2) is 28.0 Å². The minimum Gasteiger partial charge on any atom is -0.497 e. The van der Waals surface area contributed by atoms with Gasteiger partial charge in [-0.3, -0.25) is 9.59 Å². The molecule has 0 aliphatic carbocycles. The number of hydrogen-bond acceptors (Lipinski definition) is 6. The molecule has 0 bridgehead atoms. The number of halogens is 1. The first-order chi connectivity index (χ1) is 14.9. The summed E-state index contributed by atoms with van der Waals surface area (Å²) in [6.45, 7) is 3.23. The van der Waals surface area contributed by atoms with E-state index in [0.29, 0.717) is 33.8 Å². The molecule has 31 heavy (non-hydrogen) atoms. The lowest BCUT2D eigenvalue weighted by Crippen LogP contribution is -2.34. The van der Waals surface area contributed by atoms with E-state index in [2.05, 4.69) is 15.6 Å². The number of benzene rings is 2. The fourth-order valence-corrected chi connectivity index (χ4v) is 3.23. The van der Waals surface area contributed by atoms with Crippen molar-refractivity contribution in [3.8, 4) is 17.0 Å². The van der Waals surface area contributed by atoms with E-state index in [0.717, 1.165) is 4.68 Å². The highest BCUT2D eigenvalue weighted by molar-refractivity contribution is 5.95. The molecule has 1 atom stereocenters. The van der Waals surface area contributed by atoms with Crippen molar-refractivity contribution < 1.29 is 18.4 Å². The van der Waals surface area contributed by atoms with Crippen LogP contribution in [0.15, 0.2) is 57.8 Å². The van der Waals surface area contributed by atoms with Gasteiger partial charge in [-0.1, -0.05) is 17.3 Å². The predicted octanol–water partition coefficient (Wildman–Crippen LogP) is 3.71. The molecular formula is C22H19FN4O4. The fourth-order valence-electron chi connectivity index (χ4n) is 3.23. The Morgan fingerprint density at radius 2 is 1.97 bits per heavy atom. The molecule has 0 fully saturated rings. The monoisotopic (exact) mass is 422 g/mol. The molecule has 2 aromatic heterocycles. The lowest BCUT2D eigenvalue weighted by Gasteiger charge is -2.16. The number of carbonyl (C=O) groups excluding carboxylic acids is 1. The summed E-state index contributed by atoms with van der Waals surface area (Å²) in [5, 5.41) is 11.5. The SMILES string of the molecule is COc1cccc(-c2nn(C(C)C(=O)Nc3ccc(F)cc3)c(=O)c3noc(C)c23)c1. The van der Waals surface area contributed by atoms with Gasteiger partial charge in [-0.15, -0.1) is 0 Å². The highest BCUT2D eigenvalue weighted by Gasteiger charge is 2.24. The zero-order chi connectivity index (χ0) is 22.1. The van der Waals surface area contributed by atoms with Gasteiger partial charge < -0.3 is 14.6 Å². The van der Waals surface area contributed by atoms with E-state index in [9.17, 15) is 14.0 Å². The van der Waals surface area contributed by atoms with Crippen LogP contribution < -0.4 is 15.6 Å². The number of aryl methyl sites for hydroxylation is 1. The van der Waals surface area contributed by atoms with Crippen molar-refractivity contribution in [1.29, 1.82) is 0 Å². The number of aromatic nitrogens is 3. The van der Waals surface area contributed by atoms with Crippen molar-refractivity contribution in [3.05, 3.63) is 70.5 Å². The molecule has 1 unspecified atom stereocenters. The molecule has 0 aliphatic rings. The molecule has 2 heterocycles. The Morgan fingerprint density at radius 1 is 1.23 bits per heavy atom. The van der Waals surface area contributed by atoms with Crippen LogP contribution >= 0.6 is 0 Å². The highest BCUT2D eigenvalue weighted by Crippen LogP contribution is 2.30.